The van der Waals surface area contributed by atoms with Crippen LogP contribution < -0.4 is 0 Å². The van der Waals surface area contributed by atoms with Gasteiger partial charge in [0.15, 0.2) is 0 Å². The van der Waals surface area contributed by atoms with E-state index in [1.54, 1.807) is 0 Å². The first-order chi connectivity index (χ1) is 3.83. The maximum Gasteiger partial charge on any atom is 0.0967 e. The second-order valence-corrected chi connectivity index (χ2v) is 4.97. The van der Waals surface area contributed by atoms with Crippen LogP contribution in [0.4, 0.5) is 0 Å². The van der Waals surface area contributed by atoms with Gasteiger partial charge in [-0.2, -0.15) is 0 Å². The van der Waals surface area contributed by atoms with E-state index in [9.17, 15) is 0 Å². The van der Waals surface area contributed by atoms with E-state index in [0.29, 0.717) is 9.52 Å². The van der Waals surface area contributed by atoms with Gasteiger partial charge in [0.25, 0.3) is 0 Å². The van der Waals surface area contributed by atoms with Gasteiger partial charge in [-0.15, -0.1) is 23.2 Å². The Labute approximate surface area is 64.4 Å². The third-order valence-electron chi connectivity index (χ3n) is 0.707. The van der Waals surface area contributed by atoms with Gasteiger partial charge in [0.05, 0.1) is 5.34 Å². The third-order valence-corrected chi connectivity index (χ3v) is 2.12. The molecule has 0 aromatic carbocycles. The Morgan fingerprint density at radius 2 is 1.38 bits per heavy atom. The highest BCUT2D eigenvalue weighted by Crippen LogP contribution is 1.77. The molecule has 0 aliphatic rings. The van der Waals surface area contributed by atoms with Gasteiger partial charge in [-0.05, 0) is 0 Å². The average molecular weight is 173 g/mol. The molecule has 0 heterocycles. The number of hydrogen-bond donors (Lipinski definition) is 0. The molecule has 0 fully saturated rings. The van der Waals surface area contributed by atoms with E-state index < -0.39 is 0 Å². The molecule has 0 aromatic rings. The molecule has 0 unspecified atom stereocenters. The van der Waals surface area contributed by atoms with Crippen molar-refractivity contribution in [2.45, 2.75) is 25.9 Å². The first kappa shape index (κ1) is 11.6. The van der Waals surface area contributed by atoms with Crippen LogP contribution in [0.5, 0.6) is 0 Å². The Bertz CT molecular complexity index is 24.4. The Balaban J connectivity index is 0. The van der Waals surface area contributed by atoms with Gasteiger partial charge in [-0.1, -0.05) is 25.9 Å². The summed E-state index contributed by atoms with van der Waals surface area (Å²) in [5, 5.41) is 0.194. The van der Waals surface area contributed by atoms with Crippen molar-refractivity contribution in [1.29, 1.82) is 0 Å². The summed E-state index contributed by atoms with van der Waals surface area (Å²) in [7, 11) is 0.432. The molecular formula is C5H14Cl2Si. The van der Waals surface area contributed by atoms with E-state index in [0.717, 1.165) is 0 Å². The van der Waals surface area contributed by atoms with Crippen molar-refractivity contribution in [3.63, 3.8) is 0 Å². The van der Waals surface area contributed by atoms with Crippen molar-refractivity contribution in [3.05, 3.63) is 0 Å². The predicted octanol–water partition coefficient (Wildman–Crippen LogP) is 2.45. The van der Waals surface area contributed by atoms with Crippen LogP contribution in [-0.2, 0) is 0 Å². The van der Waals surface area contributed by atoms with Crippen LogP contribution in [0.15, 0.2) is 0 Å². The van der Waals surface area contributed by atoms with Crippen molar-refractivity contribution in [1.82, 2.24) is 0 Å². The van der Waals surface area contributed by atoms with Gasteiger partial charge in [0.2, 0.25) is 0 Å². The van der Waals surface area contributed by atoms with E-state index in [1.165, 1.54) is 12.1 Å². The van der Waals surface area contributed by atoms with Crippen LogP contribution in [0.3, 0.4) is 0 Å². The van der Waals surface area contributed by atoms with Crippen LogP contribution in [0.2, 0.25) is 12.1 Å². The summed E-state index contributed by atoms with van der Waals surface area (Å²) in [6, 6.07) is 2.97. The summed E-state index contributed by atoms with van der Waals surface area (Å²) in [6.45, 7) is 4.55. The van der Waals surface area contributed by atoms with Gasteiger partial charge in [0, 0.05) is 9.52 Å². The van der Waals surface area contributed by atoms with Gasteiger partial charge in [-0.3, -0.25) is 0 Å². The summed E-state index contributed by atoms with van der Waals surface area (Å²) in [5.74, 6) is 0. The predicted molar refractivity (Wildman–Crippen MR) is 46.1 cm³/mol. The van der Waals surface area contributed by atoms with Crippen LogP contribution in [0.1, 0.15) is 13.8 Å². The van der Waals surface area contributed by atoms with Gasteiger partial charge in [0.1, 0.15) is 0 Å². The molecule has 0 spiro atoms. The highest BCUT2D eigenvalue weighted by molar-refractivity contribution is 6.40. The Hall–Kier alpha value is 0.797. The molecule has 0 bridgehead atoms. The normalized spacial score (nSPS) is 7.50. The molecular weight excluding hydrogens is 159 g/mol. The lowest BCUT2D eigenvalue weighted by molar-refractivity contribution is 1.36. The molecule has 8 heavy (non-hydrogen) atoms. The van der Waals surface area contributed by atoms with Crippen molar-refractivity contribution in [2.24, 2.45) is 0 Å². The molecule has 0 saturated heterocycles. The Morgan fingerprint density at radius 1 is 1.12 bits per heavy atom. The maximum atomic E-state index is 4.76. The second kappa shape index (κ2) is 15.7. The summed E-state index contributed by atoms with van der Waals surface area (Å²) < 4.78 is 0. The van der Waals surface area contributed by atoms with Crippen molar-refractivity contribution in [2.75, 3.05) is 5.34 Å². The lowest BCUT2D eigenvalue weighted by Crippen LogP contribution is -1.76. The smallest absolute Gasteiger partial charge is 0.0967 e. The zero-order valence-electron chi connectivity index (χ0n) is 5.58. The Kier molecular flexibility index (Phi) is 22.7. The molecule has 0 aromatic heterocycles. The minimum atomic E-state index is 0.194. The molecule has 0 aliphatic heterocycles. The molecule has 0 nitrogen and oxygen atoms in total. The van der Waals surface area contributed by atoms with Crippen LogP contribution in [-0.4, -0.2) is 14.9 Å². The maximum absolute atomic E-state index is 4.76. The fraction of sp³-hybridized carbons (Fsp3) is 1.00. The first-order valence-electron chi connectivity index (χ1n) is 2.95. The molecule has 0 atom stereocenters. The molecule has 52 valence electrons. The minimum absolute atomic E-state index is 0.194. The average Bonchev–Trinajstić information content (AvgIpc) is 1.71. The van der Waals surface area contributed by atoms with Crippen LogP contribution >= 0.6 is 23.2 Å². The quantitative estimate of drug-likeness (QED) is 0.444. The van der Waals surface area contributed by atoms with Gasteiger partial charge >= 0.3 is 0 Å². The summed E-state index contributed by atoms with van der Waals surface area (Å²) in [5.41, 5.74) is 0. The number of hydrogen-bond acceptors (Lipinski definition) is 0. The summed E-state index contributed by atoms with van der Waals surface area (Å²) >= 11 is 9.53. The van der Waals surface area contributed by atoms with E-state index in [4.69, 9.17) is 23.2 Å². The van der Waals surface area contributed by atoms with Gasteiger partial charge < -0.3 is 0 Å². The summed E-state index contributed by atoms with van der Waals surface area (Å²) in [6.07, 6.45) is 0. The van der Waals surface area contributed by atoms with Crippen molar-refractivity contribution < 1.29 is 0 Å². The zero-order valence-corrected chi connectivity index (χ0v) is 8.51. The highest BCUT2D eigenvalue weighted by Gasteiger charge is 1.70. The fourth-order valence-corrected chi connectivity index (χ4v) is 1.06. The molecule has 0 rings (SSSR count). The molecule has 0 saturated carbocycles. The largest absolute Gasteiger partial charge is 0.109 e. The monoisotopic (exact) mass is 172 g/mol. The standard InChI is InChI=1S/C4H12Si.CH2Cl2/c1-3-5-4-2;2-1-3/h3-5H2,1-2H3;1H2. The highest BCUT2D eigenvalue weighted by atomic mass is 35.5. The molecule has 0 N–H and O–H groups in total. The molecule has 0 radical (unpaired) electrons. The van der Waals surface area contributed by atoms with E-state index >= 15 is 0 Å². The number of rotatable bonds is 2. The van der Waals surface area contributed by atoms with Crippen LogP contribution in [0, 0.1) is 0 Å². The fourth-order valence-electron chi connectivity index (χ4n) is 0.354. The molecule has 3 heteroatoms. The lowest BCUT2D eigenvalue weighted by Gasteiger charge is -1.77. The molecule has 0 aliphatic carbocycles. The van der Waals surface area contributed by atoms with Crippen LogP contribution in [0.25, 0.3) is 0 Å². The third kappa shape index (κ3) is 29.2. The lowest BCUT2D eigenvalue weighted by atomic mass is 11.0. The van der Waals surface area contributed by atoms with Crippen molar-refractivity contribution in [3.8, 4) is 0 Å². The van der Waals surface area contributed by atoms with Gasteiger partial charge in [-0.25, -0.2) is 0 Å². The van der Waals surface area contributed by atoms with E-state index in [1.807, 2.05) is 0 Å². The van der Waals surface area contributed by atoms with Crippen molar-refractivity contribution >= 4 is 32.7 Å². The number of alkyl halides is 2. The number of halogens is 2. The Morgan fingerprint density at radius 3 is 1.38 bits per heavy atom. The zero-order chi connectivity index (χ0) is 6.83. The van der Waals surface area contributed by atoms with E-state index in [-0.39, 0.29) is 5.34 Å². The first-order valence-corrected chi connectivity index (χ1v) is 6.02. The second-order valence-electron chi connectivity index (χ2n) is 1.45. The van der Waals surface area contributed by atoms with E-state index in [2.05, 4.69) is 13.8 Å². The summed E-state index contributed by atoms with van der Waals surface area (Å²) in [4.78, 5) is 0. The topological polar surface area (TPSA) is 0 Å². The molecule has 0 amide bonds. The minimum Gasteiger partial charge on any atom is -0.109 e. The SMILES string of the molecule is CC[SiH2]CC.ClCCl.